The van der Waals surface area contributed by atoms with Gasteiger partial charge in [-0.25, -0.2) is 4.57 Å². The number of benzene rings is 4. The molecule has 0 fully saturated rings. The summed E-state index contributed by atoms with van der Waals surface area (Å²) >= 11 is 0. The van der Waals surface area contributed by atoms with Crippen molar-refractivity contribution < 1.29 is 4.57 Å². The maximum Gasteiger partial charge on any atom is 0.224 e. The molecule has 0 atom stereocenters. The van der Waals surface area contributed by atoms with E-state index in [1.165, 1.54) is 82.0 Å². The van der Waals surface area contributed by atoms with Crippen LogP contribution < -0.4 is 4.57 Å². The molecular formula is C36H37N2+. The molecule has 0 aliphatic carbocycles. The molecule has 38 heavy (non-hydrogen) atoms. The van der Waals surface area contributed by atoms with E-state index in [2.05, 4.69) is 125 Å². The predicted octanol–water partition coefficient (Wildman–Crippen LogP) is 9.30. The fourth-order valence-electron chi connectivity index (χ4n) is 7.11. The number of hydrogen-bond acceptors (Lipinski definition) is 0. The molecule has 4 aromatic carbocycles. The summed E-state index contributed by atoms with van der Waals surface area (Å²) in [5.41, 5.74) is 11.2. The minimum atomic E-state index is 0.150. The third kappa shape index (κ3) is 3.04. The lowest BCUT2D eigenvalue weighted by Crippen LogP contribution is -2.29. The van der Waals surface area contributed by atoms with Crippen molar-refractivity contribution in [3.05, 3.63) is 83.0 Å². The molecule has 190 valence electrons. The Morgan fingerprint density at radius 2 is 1.58 bits per heavy atom. The van der Waals surface area contributed by atoms with Crippen molar-refractivity contribution in [3.63, 3.8) is 0 Å². The minimum absolute atomic E-state index is 0.150. The van der Waals surface area contributed by atoms with E-state index in [4.69, 9.17) is 0 Å². The SMILES string of the molecule is Cc1ccc2c(CC(C)(C)C)c3c(c(C)c2c1)c1c2c(ccc4c5c(C(C)C)cccc5n3c42)cc[n+]1C. The fraction of sp³-hybridized carbons (Fsp3) is 0.306. The van der Waals surface area contributed by atoms with Crippen LogP contribution in [0, 0.1) is 19.3 Å². The van der Waals surface area contributed by atoms with Crippen LogP contribution in [0.3, 0.4) is 0 Å². The molecule has 7 aromatic rings. The molecule has 2 nitrogen and oxygen atoms in total. The number of nitrogens with zero attached hydrogens (tertiary/aromatic N) is 2. The Hall–Kier alpha value is -3.65. The molecule has 3 heterocycles. The van der Waals surface area contributed by atoms with Gasteiger partial charge in [-0.2, -0.15) is 0 Å². The summed E-state index contributed by atoms with van der Waals surface area (Å²) in [7, 11) is 2.22. The van der Waals surface area contributed by atoms with Crippen LogP contribution in [0.1, 0.15) is 62.8 Å². The molecular weight excluding hydrogens is 460 g/mol. The van der Waals surface area contributed by atoms with E-state index < -0.39 is 0 Å². The second kappa shape index (κ2) is 7.69. The highest BCUT2D eigenvalue weighted by Gasteiger charge is 2.29. The van der Waals surface area contributed by atoms with Crippen LogP contribution in [0.15, 0.2) is 60.8 Å². The largest absolute Gasteiger partial charge is 0.307 e. The number of rotatable bonds is 2. The molecule has 0 amide bonds. The predicted molar refractivity (Wildman–Crippen MR) is 164 cm³/mol. The zero-order chi connectivity index (χ0) is 26.7. The van der Waals surface area contributed by atoms with Crippen molar-refractivity contribution in [2.45, 2.75) is 60.8 Å². The van der Waals surface area contributed by atoms with Gasteiger partial charge < -0.3 is 4.40 Å². The van der Waals surface area contributed by atoms with Crippen LogP contribution in [0.2, 0.25) is 0 Å². The average molecular weight is 498 g/mol. The van der Waals surface area contributed by atoms with E-state index in [-0.39, 0.29) is 5.41 Å². The van der Waals surface area contributed by atoms with Crippen LogP contribution in [0.4, 0.5) is 0 Å². The van der Waals surface area contributed by atoms with Gasteiger partial charge in [0.1, 0.15) is 7.05 Å². The Kier molecular flexibility index (Phi) is 4.75. The Morgan fingerprint density at radius 3 is 2.32 bits per heavy atom. The lowest BCUT2D eigenvalue weighted by Gasteiger charge is -2.24. The third-order valence-corrected chi connectivity index (χ3v) is 8.68. The molecule has 0 radical (unpaired) electrons. The summed E-state index contributed by atoms with van der Waals surface area (Å²) in [4.78, 5) is 0. The topological polar surface area (TPSA) is 8.29 Å². The quantitative estimate of drug-likeness (QED) is 0.128. The molecule has 0 aliphatic heterocycles. The van der Waals surface area contributed by atoms with E-state index >= 15 is 0 Å². The molecule has 0 bridgehead atoms. The van der Waals surface area contributed by atoms with Crippen molar-refractivity contribution in [1.29, 1.82) is 0 Å². The highest BCUT2D eigenvalue weighted by molar-refractivity contribution is 6.29. The highest BCUT2D eigenvalue weighted by Crippen LogP contribution is 2.46. The van der Waals surface area contributed by atoms with Crippen molar-refractivity contribution in [2.24, 2.45) is 12.5 Å². The van der Waals surface area contributed by atoms with E-state index in [1.54, 1.807) is 0 Å². The number of aryl methyl sites for hydroxylation is 3. The highest BCUT2D eigenvalue weighted by atomic mass is 15.0. The number of pyridine rings is 2. The summed E-state index contributed by atoms with van der Waals surface area (Å²) in [6.07, 6.45) is 3.26. The van der Waals surface area contributed by atoms with Gasteiger partial charge in [0, 0.05) is 16.8 Å². The Labute approximate surface area is 224 Å². The zero-order valence-electron chi connectivity index (χ0n) is 24.0. The molecule has 0 saturated carbocycles. The molecule has 0 unspecified atom stereocenters. The Balaban J connectivity index is 1.93. The maximum absolute atomic E-state index is 2.65. The molecule has 7 rings (SSSR count). The van der Waals surface area contributed by atoms with Gasteiger partial charge in [0.05, 0.1) is 27.3 Å². The second-order valence-corrected chi connectivity index (χ2v) is 13.0. The summed E-state index contributed by atoms with van der Waals surface area (Å²) in [6, 6.07) is 21.0. The molecule has 3 aromatic heterocycles. The van der Waals surface area contributed by atoms with Crippen molar-refractivity contribution in [1.82, 2.24) is 4.40 Å². The van der Waals surface area contributed by atoms with E-state index in [9.17, 15) is 0 Å². The first-order valence-corrected chi connectivity index (χ1v) is 14.0. The third-order valence-electron chi connectivity index (χ3n) is 8.68. The average Bonchev–Trinajstić information content (AvgIpc) is 3.20. The lowest BCUT2D eigenvalue weighted by atomic mass is 9.83. The first-order chi connectivity index (χ1) is 18.1. The van der Waals surface area contributed by atoms with Crippen molar-refractivity contribution in [2.75, 3.05) is 0 Å². The van der Waals surface area contributed by atoms with Gasteiger partial charge >= 0.3 is 0 Å². The smallest absolute Gasteiger partial charge is 0.224 e. The van der Waals surface area contributed by atoms with Gasteiger partial charge in [-0.1, -0.05) is 82.6 Å². The van der Waals surface area contributed by atoms with Gasteiger partial charge in [0.15, 0.2) is 6.20 Å². The summed E-state index contributed by atoms with van der Waals surface area (Å²) in [5.74, 6) is 0.454. The number of fused-ring (bicyclic) bond motifs is 7. The number of hydrogen-bond donors (Lipinski definition) is 0. The van der Waals surface area contributed by atoms with Crippen LogP contribution in [-0.4, -0.2) is 4.40 Å². The molecule has 0 spiro atoms. The summed E-state index contributed by atoms with van der Waals surface area (Å²) in [6.45, 7) is 16.3. The van der Waals surface area contributed by atoms with Crippen LogP contribution in [0.5, 0.6) is 0 Å². The van der Waals surface area contributed by atoms with Gasteiger partial charge in [-0.05, 0) is 70.5 Å². The van der Waals surface area contributed by atoms with E-state index in [1.807, 2.05) is 0 Å². The lowest BCUT2D eigenvalue weighted by molar-refractivity contribution is -0.643. The minimum Gasteiger partial charge on any atom is -0.307 e. The first-order valence-electron chi connectivity index (χ1n) is 14.0. The molecule has 0 N–H and O–H groups in total. The zero-order valence-corrected chi connectivity index (χ0v) is 24.0. The van der Waals surface area contributed by atoms with Gasteiger partial charge in [0.2, 0.25) is 5.52 Å². The molecule has 0 saturated heterocycles. The Bertz CT molecular complexity index is 2080. The van der Waals surface area contributed by atoms with Crippen LogP contribution in [0.25, 0.3) is 59.8 Å². The van der Waals surface area contributed by atoms with Gasteiger partial charge in [-0.15, -0.1) is 0 Å². The summed E-state index contributed by atoms with van der Waals surface area (Å²) in [5, 5.41) is 9.64. The normalized spacial score (nSPS) is 13.1. The number of aromatic nitrogens is 2. The van der Waals surface area contributed by atoms with Gasteiger partial charge in [-0.3, -0.25) is 0 Å². The van der Waals surface area contributed by atoms with Gasteiger partial charge in [0.25, 0.3) is 0 Å². The monoisotopic (exact) mass is 497 g/mol. The molecule has 0 aliphatic rings. The van der Waals surface area contributed by atoms with Crippen molar-refractivity contribution in [3.8, 4) is 0 Å². The summed E-state index contributed by atoms with van der Waals surface area (Å²) < 4.78 is 5.01. The van der Waals surface area contributed by atoms with Crippen molar-refractivity contribution >= 4 is 59.8 Å². The Morgan fingerprint density at radius 1 is 0.816 bits per heavy atom. The maximum atomic E-state index is 2.65. The fourth-order valence-corrected chi connectivity index (χ4v) is 7.11. The van der Waals surface area contributed by atoms with Crippen LogP contribution >= 0.6 is 0 Å². The van der Waals surface area contributed by atoms with Crippen LogP contribution in [-0.2, 0) is 13.5 Å². The van der Waals surface area contributed by atoms with E-state index in [0.29, 0.717) is 5.92 Å². The standard InChI is InChI=1S/C36H37N2/c1-20(2)24-10-9-11-29-32(24)26-15-13-23-16-17-37(8)35-30-22(4)27-18-21(3)12-14-25(27)28(19-36(5,6)7)34(30)38(29)33(26)31(23)35/h9-18,20H,19H2,1-8H3/q+1. The molecule has 2 heteroatoms. The second-order valence-electron chi connectivity index (χ2n) is 13.0. The first kappa shape index (κ1) is 23.5. The van der Waals surface area contributed by atoms with E-state index in [0.717, 1.165) is 6.42 Å².